The summed E-state index contributed by atoms with van der Waals surface area (Å²) in [7, 11) is 2.89. The van der Waals surface area contributed by atoms with E-state index in [9.17, 15) is 14.9 Å². The summed E-state index contributed by atoms with van der Waals surface area (Å²) in [6.07, 6.45) is 0.299. The Hall–Kier alpha value is -3.13. The molecule has 0 unspecified atom stereocenters. The predicted octanol–water partition coefficient (Wildman–Crippen LogP) is 3.80. The highest BCUT2D eigenvalue weighted by atomic mass is 32.1. The highest BCUT2D eigenvalue weighted by Gasteiger charge is 2.19. The van der Waals surface area contributed by atoms with Crippen molar-refractivity contribution >= 4 is 33.0 Å². The molecule has 27 heavy (non-hydrogen) atoms. The quantitative estimate of drug-likeness (QED) is 0.493. The summed E-state index contributed by atoms with van der Waals surface area (Å²) in [4.78, 5) is 23.8. The van der Waals surface area contributed by atoms with Crippen molar-refractivity contribution in [1.82, 2.24) is 5.32 Å². The fourth-order valence-electron chi connectivity index (χ4n) is 2.77. The fraction of sp³-hybridized carbons (Fsp3) is 0.211. The van der Waals surface area contributed by atoms with Gasteiger partial charge in [-0.3, -0.25) is 14.9 Å². The van der Waals surface area contributed by atoms with E-state index in [0.717, 1.165) is 10.1 Å². The fourth-order valence-corrected chi connectivity index (χ4v) is 3.75. The van der Waals surface area contributed by atoms with Crippen molar-refractivity contribution in [2.75, 3.05) is 20.8 Å². The summed E-state index contributed by atoms with van der Waals surface area (Å²) < 4.78 is 11.4. The number of amides is 1. The molecule has 0 atom stereocenters. The Balaban J connectivity index is 1.72. The van der Waals surface area contributed by atoms with Crippen LogP contribution in [0.15, 0.2) is 42.5 Å². The van der Waals surface area contributed by atoms with Crippen LogP contribution in [0.1, 0.15) is 15.2 Å². The molecule has 0 aliphatic heterocycles. The lowest BCUT2D eigenvalue weighted by Crippen LogP contribution is -2.25. The maximum atomic E-state index is 12.4. The molecule has 1 N–H and O–H groups in total. The van der Waals surface area contributed by atoms with Crippen LogP contribution in [0, 0.1) is 10.1 Å². The molecular weight excluding hydrogens is 368 g/mol. The molecule has 8 heteroatoms. The van der Waals surface area contributed by atoms with E-state index in [1.54, 1.807) is 6.07 Å². The zero-order chi connectivity index (χ0) is 19.4. The summed E-state index contributed by atoms with van der Waals surface area (Å²) in [5.74, 6) is 0.510. The van der Waals surface area contributed by atoms with Gasteiger partial charge in [-0.25, -0.2) is 0 Å². The summed E-state index contributed by atoms with van der Waals surface area (Å²) in [5.41, 5.74) is 0.401. The molecule has 7 nitrogen and oxygen atoms in total. The Labute approximate surface area is 159 Å². The van der Waals surface area contributed by atoms with Gasteiger partial charge in [0.2, 0.25) is 0 Å². The molecule has 0 aliphatic rings. The molecular formula is C19H18N2O5S. The molecule has 1 heterocycles. The Morgan fingerprint density at radius 3 is 2.52 bits per heavy atom. The molecule has 0 aliphatic carbocycles. The monoisotopic (exact) mass is 386 g/mol. The van der Waals surface area contributed by atoms with Crippen molar-refractivity contribution in [3.8, 4) is 11.5 Å². The van der Waals surface area contributed by atoms with E-state index in [1.807, 2.05) is 30.3 Å². The van der Waals surface area contributed by atoms with Crippen molar-refractivity contribution in [3.63, 3.8) is 0 Å². The second-order valence-corrected chi connectivity index (χ2v) is 6.83. The van der Waals surface area contributed by atoms with Gasteiger partial charge in [-0.15, -0.1) is 11.3 Å². The number of carbonyl (C=O) groups excluding carboxylic acids is 1. The first-order valence-corrected chi connectivity index (χ1v) is 9.01. The molecule has 0 radical (unpaired) electrons. The molecule has 0 saturated carbocycles. The third-order valence-electron chi connectivity index (χ3n) is 4.11. The molecule has 3 rings (SSSR count). The van der Waals surface area contributed by atoms with E-state index in [-0.39, 0.29) is 18.1 Å². The van der Waals surface area contributed by atoms with Crippen molar-refractivity contribution in [2.45, 2.75) is 6.42 Å². The third kappa shape index (κ3) is 4.01. The molecule has 0 bridgehead atoms. The van der Waals surface area contributed by atoms with Gasteiger partial charge in [0.15, 0.2) is 11.5 Å². The van der Waals surface area contributed by atoms with Crippen molar-refractivity contribution in [2.24, 2.45) is 0 Å². The average molecular weight is 386 g/mol. The maximum absolute atomic E-state index is 12.4. The van der Waals surface area contributed by atoms with Crippen molar-refractivity contribution < 1.29 is 19.2 Å². The van der Waals surface area contributed by atoms with Crippen LogP contribution >= 0.6 is 11.3 Å². The number of nitro groups is 1. The van der Waals surface area contributed by atoms with Crippen LogP contribution in [0.2, 0.25) is 0 Å². The van der Waals surface area contributed by atoms with Crippen LogP contribution in [-0.2, 0) is 6.42 Å². The number of methoxy groups -OCH3 is 2. The molecule has 0 spiro atoms. The largest absolute Gasteiger partial charge is 0.493 e. The first-order valence-electron chi connectivity index (χ1n) is 8.19. The maximum Gasteiger partial charge on any atom is 0.276 e. The smallest absolute Gasteiger partial charge is 0.276 e. The Morgan fingerprint density at radius 1 is 1.15 bits per heavy atom. The number of hydrogen-bond donors (Lipinski definition) is 1. The summed E-state index contributed by atoms with van der Waals surface area (Å²) >= 11 is 1.41. The highest BCUT2D eigenvalue weighted by Crippen LogP contribution is 2.34. The molecule has 0 saturated heterocycles. The number of thiophene rings is 1. The lowest BCUT2D eigenvalue weighted by Gasteiger charge is -2.11. The third-order valence-corrected chi connectivity index (χ3v) is 5.23. The Morgan fingerprint density at radius 2 is 1.85 bits per heavy atom. The Bertz CT molecular complexity index is 966. The molecule has 3 aromatic rings. The minimum atomic E-state index is -0.467. The second kappa shape index (κ2) is 8.05. The van der Waals surface area contributed by atoms with E-state index < -0.39 is 4.92 Å². The number of nitrogens with one attached hydrogen (secondary N) is 1. The molecule has 1 amide bonds. The summed E-state index contributed by atoms with van der Waals surface area (Å²) in [6, 6.07) is 12.5. The molecule has 2 aromatic carbocycles. The molecule has 1 aromatic heterocycles. The van der Waals surface area contributed by atoms with Gasteiger partial charge in [0, 0.05) is 16.8 Å². The van der Waals surface area contributed by atoms with Gasteiger partial charge in [-0.2, -0.15) is 0 Å². The first kappa shape index (κ1) is 18.7. The van der Waals surface area contributed by atoms with Crippen molar-refractivity contribution in [1.29, 1.82) is 0 Å². The van der Waals surface area contributed by atoms with Crippen molar-refractivity contribution in [3.05, 3.63) is 63.0 Å². The number of carbonyl (C=O) groups is 1. The molecule has 140 valence electrons. The second-order valence-electron chi connectivity index (χ2n) is 5.75. The first-order chi connectivity index (χ1) is 13.0. The van der Waals surface area contributed by atoms with Gasteiger partial charge in [-0.05, 0) is 30.0 Å². The van der Waals surface area contributed by atoms with Gasteiger partial charge in [0.1, 0.15) is 0 Å². The number of fused-ring (bicyclic) bond motifs is 1. The van der Waals surface area contributed by atoms with Gasteiger partial charge in [0.25, 0.3) is 11.6 Å². The van der Waals surface area contributed by atoms with Gasteiger partial charge < -0.3 is 14.8 Å². The minimum absolute atomic E-state index is 0.0660. The van der Waals surface area contributed by atoms with Gasteiger partial charge in [0.05, 0.1) is 30.1 Å². The lowest BCUT2D eigenvalue weighted by molar-refractivity contribution is -0.385. The van der Waals surface area contributed by atoms with Crippen LogP contribution in [0.4, 0.5) is 5.69 Å². The number of benzene rings is 2. The van der Waals surface area contributed by atoms with Gasteiger partial charge in [-0.1, -0.05) is 18.2 Å². The number of rotatable bonds is 7. The standard InChI is InChI=1S/C19H18N2O5S/c1-25-15-9-12(14(21(23)24)11-16(15)26-2)7-8-20-19(22)18-10-13-5-3-4-6-17(13)27-18/h3-6,9-11H,7-8H2,1-2H3,(H,20,22). The van der Waals surface area contributed by atoms with Gasteiger partial charge >= 0.3 is 0 Å². The van der Waals surface area contributed by atoms with Crippen LogP contribution < -0.4 is 14.8 Å². The zero-order valence-electron chi connectivity index (χ0n) is 14.9. The average Bonchev–Trinajstić information content (AvgIpc) is 3.11. The van der Waals surface area contributed by atoms with E-state index >= 15 is 0 Å². The topological polar surface area (TPSA) is 90.7 Å². The lowest BCUT2D eigenvalue weighted by atomic mass is 10.1. The van der Waals surface area contributed by atoms with Crippen LogP contribution in [0.5, 0.6) is 11.5 Å². The molecule has 0 fully saturated rings. The van der Waals surface area contributed by atoms with Crippen LogP contribution in [-0.4, -0.2) is 31.6 Å². The summed E-state index contributed by atoms with van der Waals surface area (Å²) in [6.45, 7) is 0.267. The van der Waals surface area contributed by atoms with E-state index in [1.165, 1.54) is 31.6 Å². The SMILES string of the molecule is COc1cc(CCNC(=O)c2cc3ccccc3s2)c([N+](=O)[O-])cc1OC. The normalized spacial score (nSPS) is 10.6. The summed E-state index contributed by atoms with van der Waals surface area (Å²) in [5, 5.41) is 15.2. The Kier molecular flexibility index (Phi) is 5.56. The number of hydrogen-bond acceptors (Lipinski definition) is 6. The number of nitrogens with zero attached hydrogens (tertiary/aromatic N) is 1. The van der Waals surface area contributed by atoms with E-state index in [4.69, 9.17) is 9.47 Å². The predicted molar refractivity (Wildman–Crippen MR) is 104 cm³/mol. The van der Waals surface area contributed by atoms with Crippen LogP contribution in [0.25, 0.3) is 10.1 Å². The van der Waals surface area contributed by atoms with E-state index in [2.05, 4.69) is 5.32 Å². The van der Waals surface area contributed by atoms with E-state index in [0.29, 0.717) is 28.4 Å². The number of ether oxygens (including phenoxy) is 2. The highest BCUT2D eigenvalue weighted by molar-refractivity contribution is 7.20. The minimum Gasteiger partial charge on any atom is -0.493 e. The number of nitro benzene ring substituents is 1. The zero-order valence-corrected chi connectivity index (χ0v) is 15.7. The van der Waals surface area contributed by atoms with Crippen LogP contribution in [0.3, 0.4) is 0 Å².